The van der Waals surface area contributed by atoms with Crippen molar-refractivity contribution < 1.29 is 27.6 Å². The number of halogens is 3. The van der Waals surface area contributed by atoms with Crippen molar-refractivity contribution in [3.05, 3.63) is 59.7 Å². The molecule has 2 aliphatic rings. The van der Waals surface area contributed by atoms with Crippen molar-refractivity contribution in [2.45, 2.75) is 65.3 Å². The molecule has 222 valence electrons. The number of anilines is 1. The molecule has 1 aliphatic carbocycles. The molecule has 1 N–H and O–H groups in total. The fourth-order valence-corrected chi connectivity index (χ4v) is 5.95. The van der Waals surface area contributed by atoms with Gasteiger partial charge in [0, 0.05) is 36.3 Å². The van der Waals surface area contributed by atoms with Crippen LogP contribution >= 0.6 is 0 Å². The normalized spacial score (nSPS) is 21.1. The topological polar surface area (TPSA) is 136 Å². The molecule has 6 rings (SSSR count). The molecule has 0 radical (unpaired) electrons. The van der Waals surface area contributed by atoms with Crippen molar-refractivity contribution in [3.63, 3.8) is 0 Å². The van der Waals surface area contributed by atoms with Gasteiger partial charge in [-0.1, -0.05) is 6.92 Å². The monoisotopic (exact) mass is 592 g/mol. The van der Waals surface area contributed by atoms with Gasteiger partial charge in [-0.25, -0.2) is 15.0 Å². The molecule has 14 heteroatoms. The number of carbonyl (C=O) groups is 3. The van der Waals surface area contributed by atoms with Gasteiger partial charge < -0.3 is 10.2 Å². The Morgan fingerprint density at radius 3 is 2.44 bits per heavy atom. The van der Waals surface area contributed by atoms with Crippen molar-refractivity contribution in [2.75, 3.05) is 5.32 Å². The lowest BCUT2D eigenvalue weighted by molar-refractivity contribution is -0.141. The Balaban J connectivity index is 1.29. The number of nitrogens with one attached hydrogen (secondary N) is 1. The van der Waals surface area contributed by atoms with Gasteiger partial charge in [-0.05, 0) is 55.4 Å². The van der Waals surface area contributed by atoms with E-state index in [2.05, 4.69) is 30.4 Å². The standard InChI is InChI=1S/C29H27F3N8O3/c1-14-5-17(18-9-34-16(3)35-10-18)6-19-25(15(2)41)38-39(26(14)19)13-24(42)40-20(7-28(4)8-22(28)40)27(43)37-23-12-33-11-21(36-23)29(30,31)32/h5-6,9-12,20,22H,7-8,13H2,1-4H3,(H,36,37,43)/t20-,22+,28-/m0/s1. The van der Waals surface area contributed by atoms with Crippen LogP contribution < -0.4 is 5.32 Å². The minimum absolute atomic E-state index is 0.202. The summed E-state index contributed by atoms with van der Waals surface area (Å²) in [4.78, 5) is 56.7. The number of hydrogen-bond donors (Lipinski definition) is 1. The third-order valence-electron chi connectivity index (χ3n) is 8.17. The van der Waals surface area contributed by atoms with E-state index < -0.39 is 29.7 Å². The molecule has 1 saturated heterocycles. The fraction of sp³-hybridized carbons (Fsp3) is 0.379. The van der Waals surface area contributed by atoms with Crippen molar-refractivity contribution in [2.24, 2.45) is 5.41 Å². The van der Waals surface area contributed by atoms with E-state index in [0.717, 1.165) is 22.9 Å². The van der Waals surface area contributed by atoms with E-state index in [0.29, 0.717) is 35.8 Å². The number of carbonyl (C=O) groups excluding carboxylic acids is 3. The van der Waals surface area contributed by atoms with Crippen LogP contribution in [0.4, 0.5) is 19.0 Å². The Morgan fingerprint density at radius 2 is 1.77 bits per heavy atom. The van der Waals surface area contributed by atoms with Crippen LogP contribution in [0.3, 0.4) is 0 Å². The number of rotatable bonds is 6. The molecule has 1 aliphatic heterocycles. The van der Waals surface area contributed by atoms with Gasteiger partial charge in [0.25, 0.3) is 0 Å². The van der Waals surface area contributed by atoms with Gasteiger partial charge in [-0.3, -0.25) is 24.0 Å². The number of alkyl halides is 3. The first kappa shape index (κ1) is 28.4. The molecule has 1 saturated carbocycles. The van der Waals surface area contributed by atoms with Crippen molar-refractivity contribution in [1.29, 1.82) is 0 Å². The minimum atomic E-state index is -4.73. The van der Waals surface area contributed by atoms with E-state index in [1.807, 2.05) is 26.0 Å². The zero-order valence-electron chi connectivity index (χ0n) is 23.7. The zero-order valence-corrected chi connectivity index (χ0v) is 23.7. The Bertz CT molecular complexity index is 1800. The van der Waals surface area contributed by atoms with Gasteiger partial charge in [0.1, 0.15) is 24.1 Å². The van der Waals surface area contributed by atoms with Crippen LogP contribution in [0.1, 0.15) is 54.3 Å². The van der Waals surface area contributed by atoms with Gasteiger partial charge in [0.15, 0.2) is 17.3 Å². The molecule has 4 aromatic rings. The maximum atomic E-state index is 13.8. The second-order valence-corrected chi connectivity index (χ2v) is 11.4. The van der Waals surface area contributed by atoms with Crippen LogP contribution in [0, 0.1) is 19.3 Å². The number of benzene rings is 1. The van der Waals surface area contributed by atoms with Gasteiger partial charge in [0.2, 0.25) is 11.8 Å². The van der Waals surface area contributed by atoms with Crippen LogP contribution in [0.25, 0.3) is 22.0 Å². The lowest BCUT2D eigenvalue weighted by Crippen LogP contribution is -2.47. The zero-order chi connectivity index (χ0) is 30.8. The first-order valence-corrected chi connectivity index (χ1v) is 13.6. The Hall–Kier alpha value is -4.75. The van der Waals surface area contributed by atoms with Crippen LogP contribution in [-0.2, 0) is 22.3 Å². The molecule has 0 bridgehead atoms. The first-order chi connectivity index (χ1) is 20.2. The largest absolute Gasteiger partial charge is 0.434 e. The number of Topliss-reactive ketones (excluding diaryl/α,β-unsaturated/α-hetero) is 1. The van der Waals surface area contributed by atoms with E-state index in [1.165, 1.54) is 16.5 Å². The summed E-state index contributed by atoms with van der Waals surface area (Å²) in [5.74, 6) is -1.04. The van der Waals surface area contributed by atoms with Gasteiger partial charge in [0.05, 0.1) is 17.9 Å². The predicted octanol–water partition coefficient (Wildman–Crippen LogP) is 4.14. The number of nitrogens with zero attached hydrogens (tertiary/aromatic N) is 7. The van der Waals surface area contributed by atoms with Crippen molar-refractivity contribution in [3.8, 4) is 11.1 Å². The van der Waals surface area contributed by atoms with Crippen LogP contribution in [0.15, 0.2) is 36.9 Å². The van der Waals surface area contributed by atoms with E-state index in [9.17, 15) is 27.6 Å². The van der Waals surface area contributed by atoms with E-state index in [-0.39, 0.29) is 35.3 Å². The molecule has 0 spiro atoms. The highest BCUT2D eigenvalue weighted by Crippen LogP contribution is 2.59. The summed E-state index contributed by atoms with van der Waals surface area (Å²) in [6.45, 7) is 6.77. The third kappa shape index (κ3) is 5.10. The molecule has 2 amide bonds. The number of piperidine rings is 1. The van der Waals surface area contributed by atoms with Gasteiger partial charge in [-0.2, -0.15) is 18.3 Å². The maximum Gasteiger partial charge on any atom is 0.434 e. The smallest absolute Gasteiger partial charge is 0.325 e. The summed E-state index contributed by atoms with van der Waals surface area (Å²) in [6.07, 6.45) is 1.31. The molecule has 0 unspecified atom stereocenters. The number of aromatic nitrogens is 6. The Labute approximate surface area is 243 Å². The number of aryl methyl sites for hydroxylation is 2. The SMILES string of the molecule is CC(=O)c1nn(CC(=O)N2[C@H](C(=O)Nc3cncc(C(F)(F)F)n3)C[C@@]3(C)C[C@@H]23)c2c(C)cc(-c3cnc(C)nc3)cc12. The lowest BCUT2D eigenvalue weighted by Gasteiger charge is -2.27. The molecule has 3 atom stereocenters. The second-order valence-electron chi connectivity index (χ2n) is 11.4. The molecule has 2 fully saturated rings. The van der Waals surface area contributed by atoms with E-state index in [1.54, 1.807) is 19.3 Å². The van der Waals surface area contributed by atoms with Crippen LogP contribution in [0.2, 0.25) is 0 Å². The Morgan fingerprint density at radius 1 is 1.05 bits per heavy atom. The van der Waals surface area contributed by atoms with E-state index in [4.69, 9.17) is 0 Å². The Kier molecular flexibility index (Phi) is 6.54. The van der Waals surface area contributed by atoms with E-state index >= 15 is 0 Å². The highest BCUT2D eigenvalue weighted by Gasteiger charge is 2.64. The molecule has 1 aromatic carbocycles. The van der Waals surface area contributed by atoms with Crippen molar-refractivity contribution in [1.82, 2.24) is 34.6 Å². The summed E-state index contributed by atoms with van der Waals surface area (Å²) in [5.41, 5.74) is 1.62. The summed E-state index contributed by atoms with van der Waals surface area (Å²) in [7, 11) is 0. The lowest BCUT2D eigenvalue weighted by atomic mass is 10.0. The average Bonchev–Trinajstić information content (AvgIpc) is 3.29. The van der Waals surface area contributed by atoms with Crippen LogP contribution in [-0.4, -0.2) is 64.3 Å². The summed E-state index contributed by atoms with van der Waals surface area (Å²) < 4.78 is 40.8. The summed E-state index contributed by atoms with van der Waals surface area (Å²) in [5, 5.41) is 7.48. The summed E-state index contributed by atoms with van der Waals surface area (Å²) in [6, 6.07) is 2.60. The molecule has 43 heavy (non-hydrogen) atoms. The average molecular weight is 593 g/mol. The highest BCUT2D eigenvalue weighted by molar-refractivity contribution is 6.07. The molecular formula is C29H27F3N8O3. The van der Waals surface area contributed by atoms with Gasteiger partial charge >= 0.3 is 6.18 Å². The number of amides is 2. The number of hydrogen-bond acceptors (Lipinski definition) is 8. The molecular weight excluding hydrogens is 565 g/mol. The second kappa shape index (κ2) is 9.92. The third-order valence-corrected chi connectivity index (χ3v) is 8.17. The van der Waals surface area contributed by atoms with Crippen molar-refractivity contribution >= 4 is 34.3 Å². The molecule has 11 nitrogen and oxygen atoms in total. The number of likely N-dealkylation sites (tertiary alicyclic amines) is 1. The number of ketones is 1. The predicted molar refractivity (Wildman–Crippen MR) is 148 cm³/mol. The minimum Gasteiger partial charge on any atom is -0.325 e. The maximum absolute atomic E-state index is 13.8. The van der Waals surface area contributed by atoms with Crippen LogP contribution in [0.5, 0.6) is 0 Å². The number of fused-ring (bicyclic) bond motifs is 2. The fourth-order valence-electron chi connectivity index (χ4n) is 5.95. The summed E-state index contributed by atoms with van der Waals surface area (Å²) >= 11 is 0. The highest BCUT2D eigenvalue weighted by atomic mass is 19.4. The first-order valence-electron chi connectivity index (χ1n) is 13.6. The van der Waals surface area contributed by atoms with Gasteiger partial charge in [-0.15, -0.1) is 0 Å². The molecule has 4 heterocycles. The quantitative estimate of drug-likeness (QED) is 0.330. The molecule has 3 aromatic heterocycles.